The van der Waals surface area contributed by atoms with E-state index in [1.165, 1.54) is 17.5 Å². The topological polar surface area (TPSA) is 64.2 Å². The quantitative estimate of drug-likeness (QED) is 0.682. The largest absolute Gasteiger partial charge is 0.339 e. The number of sulfonamides is 1. The first kappa shape index (κ1) is 22.7. The third-order valence-corrected chi connectivity index (χ3v) is 9.16. The molecule has 4 rings (SSSR count). The van der Waals surface area contributed by atoms with Crippen molar-refractivity contribution in [2.75, 3.05) is 58.9 Å². The molecule has 0 unspecified atom stereocenters. The number of likely N-dealkylation sites (N-methyl/N-ethyl adjacent to an activating group) is 1. The second kappa shape index (κ2) is 9.57. The van der Waals surface area contributed by atoms with E-state index in [2.05, 4.69) is 16.7 Å². The molecule has 1 aliphatic carbocycles. The Morgan fingerprint density at radius 2 is 1.58 bits per heavy atom. The zero-order valence-corrected chi connectivity index (χ0v) is 19.7. The predicted molar refractivity (Wildman–Crippen MR) is 122 cm³/mol. The fraction of sp³-hybridized carbons (Fsp3) is 0.696. The molecule has 1 atom stereocenters. The van der Waals surface area contributed by atoms with Gasteiger partial charge in [-0.1, -0.05) is 13.0 Å². The number of benzene rings is 1. The van der Waals surface area contributed by atoms with Crippen LogP contribution in [0.1, 0.15) is 37.8 Å². The van der Waals surface area contributed by atoms with Gasteiger partial charge in [-0.05, 0) is 62.4 Å². The third kappa shape index (κ3) is 4.82. The molecule has 0 bridgehead atoms. The zero-order valence-electron chi connectivity index (χ0n) is 18.9. The average Bonchev–Trinajstić information content (AvgIpc) is 2.83. The van der Waals surface area contributed by atoms with E-state index in [1.807, 2.05) is 24.0 Å². The molecule has 1 aromatic carbocycles. The number of aryl methyl sites for hydroxylation is 2. The number of nitrogens with zero attached hydrogens (tertiary/aromatic N) is 4. The molecule has 1 aromatic rings. The van der Waals surface area contributed by atoms with Crippen LogP contribution in [0, 0.1) is 0 Å². The second-order valence-corrected chi connectivity index (χ2v) is 11.0. The zero-order chi connectivity index (χ0) is 22.0. The van der Waals surface area contributed by atoms with Crippen molar-refractivity contribution in [1.29, 1.82) is 0 Å². The number of rotatable bonds is 5. The standard InChI is InChI=1S/C23H36N4O3S/c1-3-24-10-12-26(13-11-24)23(28)19(2)25-14-16-27(17-15-25)31(29,30)22-9-8-20-6-4-5-7-21(20)18-22/h8-9,18-19H,3-7,10-17H2,1-2H3/t19-/m1/s1. The number of fused-ring (bicyclic) bond motifs is 1. The van der Waals surface area contributed by atoms with Crippen LogP contribution in [-0.4, -0.2) is 98.3 Å². The molecule has 2 aliphatic heterocycles. The van der Waals surface area contributed by atoms with E-state index in [9.17, 15) is 13.2 Å². The van der Waals surface area contributed by atoms with Crippen LogP contribution < -0.4 is 0 Å². The summed E-state index contributed by atoms with van der Waals surface area (Å²) in [6.45, 7) is 10.6. The molecule has 0 N–H and O–H groups in total. The molecular weight excluding hydrogens is 412 g/mol. The summed E-state index contributed by atoms with van der Waals surface area (Å²) in [5, 5.41) is 0. The molecule has 3 aliphatic rings. The molecule has 2 heterocycles. The Balaban J connectivity index is 1.35. The summed E-state index contributed by atoms with van der Waals surface area (Å²) in [5.74, 6) is 0.168. The van der Waals surface area contributed by atoms with Gasteiger partial charge >= 0.3 is 0 Å². The SMILES string of the molecule is CCN1CCN(C(=O)[C@@H](C)N2CCN(S(=O)(=O)c3ccc4c(c3)CCCC4)CC2)CC1. The maximum atomic E-state index is 13.2. The molecule has 2 saturated heterocycles. The van der Waals surface area contributed by atoms with Crippen LogP contribution in [-0.2, 0) is 27.7 Å². The van der Waals surface area contributed by atoms with E-state index < -0.39 is 10.0 Å². The first-order chi connectivity index (χ1) is 14.9. The van der Waals surface area contributed by atoms with E-state index in [0.29, 0.717) is 31.1 Å². The molecule has 0 spiro atoms. The van der Waals surface area contributed by atoms with E-state index in [-0.39, 0.29) is 11.9 Å². The fourth-order valence-electron chi connectivity index (χ4n) is 5.06. The fourth-order valence-corrected chi connectivity index (χ4v) is 6.53. The Morgan fingerprint density at radius 1 is 0.935 bits per heavy atom. The van der Waals surface area contributed by atoms with Gasteiger partial charge in [-0.25, -0.2) is 8.42 Å². The second-order valence-electron chi connectivity index (χ2n) is 9.01. The van der Waals surface area contributed by atoms with Crippen molar-refractivity contribution in [1.82, 2.24) is 19.0 Å². The molecular formula is C23H36N4O3S. The minimum Gasteiger partial charge on any atom is -0.339 e. The van der Waals surface area contributed by atoms with Crippen molar-refractivity contribution in [2.24, 2.45) is 0 Å². The van der Waals surface area contributed by atoms with Gasteiger partial charge in [-0.3, -0.25) is 9.69 Å². The molecule has 8 heteroatoms. The van der Waals surface area contributed by atoms with Crippen LogP contribution >= 0.6 is 0 Å². The van der Waals surface area contributed by atoms with Crippen molar-refractivity contribution in [3.8, 4) is 0 Å². The number of carbonyl (C=O) groups is 1. The highest BCUT2D eigenvalue weighted by atomic mass is 32.2. The molecule has 31 heavy (non-hydrogen) atoms. The predicted octanol–water partition coefficient (Wildman–Crippen LogP) is 1.42. The van der Waals surface area contributed by atoms with Gasteiger partial charge in [0.25, 0.3) is 0 Å². The number of hydrogen-bond acceptors (Lipinski definition) is 5. The number of piperazine rings is 2. The first-order valence-electron chi connectivity index (χ1n) is 11.8. The lowest BCUT2D eigenvalue weighted by molar-refractivity contribution is -0.138. The Hall–Kier alpha value is -1.48. The van der Waals surface area contributed by atoms with Crippen LogP contribution in [0.15, 0.2) is 23.1 Å². The van der Waals surface area contributed by atoms with Gasteiger partial charge in [-0.15, -0.1) is 0 Å². The first-order valence-corrected chi connectivity index (χ1v) is 13.2. The normalized spacial score (nSPS) is 22.8. The molecule has 0 saturated carbocycles. The minimum atomic E-state index is -3.49. The summed E-state index contributed by atoms with van der Waals surface area (Å²) in [6.07, 6.45) is 4.34. The molecule has 0 aromatic heterocycles. The lowest BCUT2D eigenvalue weighted by Gasteiger charge is -2.40. The summed E-state index contributed by atoms with van der Waals surface area (Å²) in [4.78, 5) is 19.8. The monoisotopic (exact) mass is 448 g/mol. The minimum absolute atomic E-state index is 0.168. The van der Waals surface area contributed by atoms with Crippen molar-refractivity contribution >= 4 is 15.9 Å². The highest BCUT2D eigenvalue weighted by molar-refractivity contribution is 7.89. The van der Waals surface area contributed by atoms with Crippen molar-refractivity contribution < 1.29 is 13.2 Å². The summed E-state index contributed by atoms with van der Waals surface area (Å²) in [6, 6.07) is 5.45. The Kier molecular flexibility index (Phi) is 7.01. The summed E-state index contributed by atoms with van der Waals surface area (Å²) < 4.78 is 28.0. The van der Waals surface area contributed by atoms with Gasteiger partial charge in [-0.2, -0.15) is 4.31 Å². The Bertz CT molecular complexity index is 888. The highest BCUT2D eigenvalue weighted by Gasteiger charge is 2.34. The van der Waals surface area contributed by atoms with Crippen LogP contribution in [0.4, 0.5) is 0 Å². The molecule has 172 valence electrons. The van der Waals surface area contributed by atoms with Crippen molar-refractivity contribution in [3.05, 3.63) is 29.3 Å². The average molecular weight is 449 g/mol. The molecule has 2 fully saturated rings. The van der Waals surface area contributed by atoms with E-state index >= 15 is 0 Å². The van der Waals surface area contributed by atoms with Crippen LogP contribution in [0.25, 0.3) is 0 Å². The van der Waals surface area contributed by atoms with Gasteiger partial charge in [0.2, 0.25) is 15.9 Å². The smallest absolute Gasteiger partial charge is 0.243 e. The molecule has 1 amide bonds. The lowest BCUT2D eigenvalue weighted by atomic mass is 9.92. The maximum Gasteiger partial charge on any atom is 0.243 e. The van der Waals surface area contributed by atoms with Crippen molar-refractivity contribution in [3.63, 3.8) is 0 Å². The van der Waals surface area contributed by atoms with E-state index in [0.717, 1.165) is 52.0 Å². The highest BCUT2D eigenvalue weighted by Crippen LogP contribution is 2.26. The molecule has 0 radical (unpaired) electrons. The Morgan fingerprint density at radius 3 is 2.23 bits per heavy atom. The van der Waals surface area contributed by atoms with Gasteiger partial charge in [0, 0.05) is 52.4 Å². The van der Waals surface area contributed by atoms with Gasteiger partial charge in [0.1, 0.15) is 0 Å². The van der Waals surface area contributed by atoms with Gasteiger partial charge < -0.3 is 9.80 Å². The van der Waals surface area contributed by atoms with Gasteiger partial charge in [0.15, 0.2) is 0 Å². The van der Waals surface area contributed by atoms with E-state index in [4.69, 9.17) is 0 Å². The lowest BCUT2D eigenvalue weighted by Crippen LogP contribution is -2.57. The molecule has 7 nitrogen and oxygen atoms in total. The number of amides is 1. The van der Waals surface area contributed by atoms with E-state index in [1.54, 1.807) is 10.4 Å². The van der Waals surface area contributed by atoms with Gasteiger partial charge in [0.05, 0.1) is 10.9 Å². The summed E-state index contributed by atoms with van der Waals surface area (Å²) in [7, 11) is -3.49. The number of hydrogen-bond donors (Lipinski definition) is 0. The number of carbonyl (C=O) groups excluding carboxylic acids is 1. The summed E-state index contributed by atoms with van der Waals surface area (Å²) >= 11 is 0. The van der Waals surface area contributed by atoms with Crippen molar-refractivity contribution in [2.45, 2.75) is 50.5 Å². The Labute approximate surface area is 187 Å². The van der Waals surface area contributed by atoms with Crippen LogP contribution in [0.5, 0.6) is 0 Å². The van der Waals surface area contributed by atoms with Crippen LogP contribution in [0.3, 0.4) is 0 Å². The maximum absolute atomic E-state index is 13.2. The third-order valence-electron chi connectivity index (χ3n) is 7.27. The summed E-state index contributed by atoms with van der Waals surface area (Å²) in [5.41, 5.74) is 2.48. The van der Waals surface area contributed by atoms with Crippen LogP contribution in [0.2, 0.25) is 0 Å².